The molecule has 1 atom stereocenters. The zero-order chi connectivity index (χ0) is 12.4. The summed E-state index contributed by atoms with van der Waals surface area (Å²) >= 11 is 0. The number of rotatable bonds is 7. The van der Waals surface area contributed by atoms with Gasteiger partial charge in [-0.05, 0) is 6.92 Å². The number of carbonyl (C=O) groups excluding carboxylic acids is 2. The Morgan fingerprint density at radius 2 is 2.00 bits per heavy atom. The van der Waals surface area contributed by atoms with E-state index in [-0.39, 0.29) is 25.0 Å². The van der Waals surface area contributed by atoms with Crippen LogP contribution in [0.3, 0.4) is 0 Å². The van der Waals surface area contributed by atoms with Gasteiger partial charge in [0, 0.05) is 19.6 Å². The Morgan fingerprint density at radius 3 is 2.56 bits per heavy atom. The Balaban J connectivity index is 3.53. The van der Waals surface area contributed by atoms with E-state index in [4.69, 9.17) is 9.47 Å². The Bertz CT molecular complexity index is 221. The van der Waals surface area contributed by atoms with Crippen LogP contribution in [0, 0.1) is 5.92 Å². The van der Waals surface area contributed by atoms with Crippen LogP contribution in [0.15, 0.2) is 0 Å². The number of amides is 2. The van der Waals surface area contributed by atoms with E-state index in [0.29, 0.717) is 13.2 Å². The molecule has 0 aliphatic carbocycles. The third-order valence-corrected chi connectivity index (χ3v) is 1.78. The average Bonchev–Trinajstić information content (AvgIpc) is 2.30. The highest BCUT2D eigenvalue weighted by atomic mass is 16.5. The molecule has 0 aliphatic heterocycles. The standard InChI is InChI=1S/C10H20N2O4/c1-4-15-6-8(2)7-16-10(14)12-5-9(13)11-3/h8H,4-7H2,1-3H3,(H,11,13)(H,12,14). The first-order chi connectivity index (χ1) is 7.60. The van der Waals surface area contributed by atoms with Gasteiger partial charge in [0.1, 0.15) is 0 Å². The van der Waals surface area contributed by atoms with Gasteiger partial charge in [0.05, 0.1) is 19.8 Å². The van der Waals surface area contributed by atoms with Gasteiger partial charge in [-0.1, -0.05) is 6.92 Å². The summed E-state index contributed by atoms with van der Waals surface area (Å²) < 4.78 is 10.1. The van der Waals surface area contributed by atoms with Crippen molar-refractivity contribution in [2.75, 3.05) is 33.4 Å². The number of likely N-dealkylation sites (N-methyl/N-ethyl adjacent to an activating group) is 1. The molecular formula is C10H20N2O4. The molecule has 2 amide bonds. The summed E-state index contributed by atoms with van der Waals surface area (Å²) in [6, 6.07) is 0. The normalized spacial score (nSPS) is 11.7. The maximum Gasteiger partial charge on any atom is 0.407 e. The molecule has 0 aliphatic rings. The maximum absolute atomic E-state index is 11.1. The minimum atomic E-state index is -0.591. The number of nitrogens with one attached hydrogen (secondary N) is 2. The SMILES string of the molecule is CCOCC(C)COC(=O)NCC(=O)NC. The summed E-state index contributed by atoms with van der Waals surface area (Å²) in [7, 11) is 1.50. The fourth-order valence-corrected chi connectivity index (χ4v) is 0.877. The highest BCUT2D eigenvalue weighted by Crippen LogP contribution is 1.96. The molecule has 0 spiro atoms. The minimum absolute atomic E-state index is 0.0742. The molecule has 0 aromatic carbocycles. The van der Waals surface area contributed by atoms with E-state index >= 15 is 0 Å². The monoisotopic (exact) mass is 232 g/mol. The molecule has 0 heterocycles. The molecule has 0 saturated carbocycles. The zero-order valence-electron chi connectivity index (χ0n) is 10.0. The summed E-state index contributed by atoms with van der Waals surface area (Å²) in [4.78, 5) is 21.9. The van der Waals surface area contributed by atoms with Crippen molar-refractivity contribution in [2.24, 2.45) is 5.92 Å². The first kappa shape index (κ1) is 14.7. The fourth-order valence-electron chi connectivity index (χ4n) is 0.877. The fraction of sp³-hybridized carbons (Fsp3) is 0.800. The zero-order valence-corrected chi connectivity index (χ0v) is 10.0. The molecule has 0 bridgehead atoms. The second-order valence-corrected chi connectivity index (χ2v) is 3.39. The summed E-state index contributed by atoms with van der Waals surface area (Å²) in [5.74, 6) is -0.120. The van der Waals surface area contributed by atoms with Gasteiger partial charge in [0.15, 0.2) is 0 Å². The molecule has 16 heavy (non-hydrogen) atoms. The number of hydrogen-bond donors (Lipinski definition) is 2. The second kappa shape index (κ2) is 8.96. The lowest BCUT2D eigenvalue weighted by Gasteiger charge is -2.12. The van der Waals surface area contributed by atoms with Gasteiger partial charge in [-0.3, -0.25) is 4.79 Å². The quantitative estimate of drug-likeness (QED) is 0.654. The van der Waals surface area contributed by atoms with Gasteiger partial charge in [-0.15, -0.1) is 0 Å². The smallest absolute Gasteiger partial charge is 0.407 e. The number of ether oxygens (including phenoxy) is 2. The van der Waals surface area contributed by atoms with E-state index in [1.54, 1.807) is 0 Å². The van der Waals surface area contributed by atoms with Crippen LogP contribution in [0.2, 0.25) is 0 Å². The summed E-state index contributed by atoms with van der Waals surface area (Å²) in [5.41, 5.74) is 0. The van der Waals surface area contributed by atoms with Crippen molar-refractivity contribution in [3.63, 3.8) is 0 Å². The average molecular weight is 232 g/mol. The molecule has 94 valence electrons. The second-order valence-electron chi connectivity index (χ2n) is 3.39. The molecule has 0 saturated heterocycles. The van der Waals surface area contributed by atoms with Gasteiger partial charge in [0.2, 0.25) is 5.91 Å². The van der Waals surface area contributed by atoms with Crippen LogP contribution in [-0.4, -0.2) is 45.4 Å². The molecular weight excluding hydrogens is 212 g/mol. The van der Waals surface area contributed by atoms with Gasteiger partial charge >= 0.3 is 6.09 Å². The highest BCUT2D eigenvalue weighted by Gasteiger charge is 2.08. The Morgan fingerprint density at radius 1 is 1.31 bits per heavy atom. The third kappa shape index (κ3) is 8.05. The van der Waals surface area contributed by atoms with Crippen molar-refractivity contribution in [1.82, 2.24) is 10.6 Å². The summed E-state index contributed by atoms with van der Waals surface area (Å²) in [6.45, 7) is 5.23. The van der Waals surface area contributed by atoms with Gasteiger partial charge in [-0.25, -0.2) is 4.79 Å². The van der Waals surface area contributed by atoms with Crippen molar-refractivity contribution < 1.29 is 19.1 Å². The van der Waals surface area contributed by atoms with Gasteiger partial charge < -0.3 is 20.1 Å². The van der Waals surface area contributed by atoms with E-state index in [0.717, 1.165) is 0 Å². The lowest BCUT2D eigenvalue weighted by molar-refractivity contribution is -0.119. The van der Waals surface area contributed by atoms with Crippen molar-refractivity contribution in [1.29, 1.82) is 0 Å². The van der Waals surface area contributed by atoms with Crippen LogP contribution in [0.4, 0.5) is 4.79 Å². The van der Waals surface area contributed by atoms with Crippen LogP contribution in [0.25, 0.3) is 0 Å². The predicted octanol–water partition coefficient (Wildman–Crippen LogP) is 0.131. The molecule has 0 radical (unpaired) electrons. The predicted molar refractivity (Wildman–Crippen MR) is 59.1 cm³/mol. The van der Waals surface area contributed by atoms with E-state index in [2.05, 4.69) is 10.6 Å². The van der Waals surface area contributed by atoms with Gasteiger partial charge in [0.25, 0.3) is 0 Å². The number of carbonyl (C=O) groups is 2. The number of alkyl carbamates (subject to hydrolysis) is 1. The van der Waals surface area contributed by atoms with Crippen LogP contribution < -0.4 is 10.6 Å². The summed E-state index contributed by atoms with van der Waals surface area (Å²) in [5, 5.41) is 4.71. The Hall–Kier alpha value is -1.30. The minimum Gasteiger partial charge on any atom is -0.449 e. The van der Waals surface area contributed by atoms with Crippen molar-refractivity contribution in [3.05, 3.63) is 0 Å². The Labute approximate surface area is 95.7 Å². The first-order valence-corrected chi connectivity index (χ1v) is 5.29. The molecule has 2 N–H and O–H groups in total. The van der Waals surface area contributed by atoms with E-state index in [1.165, 1.54) is 7.05 Å². The summed E-state index contributed by atoms with van der Waals surface area (Å²) in [6.07, 6.45) is -0.591. The van der Waals surface area contributed by atoms with Crippen LogP contribution >= 0.6 is 0 Å². The third-order valence-electron chi connectivity index (χ3n) is 1.78. The maximum atomic E-state index is 11.1. The van der Waals surface area contributed by atoms with Gasteiger partial charge in [-0.2, -0.15) is 0 Å². The van der Waals surface area contributed by atoms with Crippen molar-refractivity contribution in [2.45, 2.75) is 13.8 Å². The largest absolute Gasteiger partial charge is 0.449 e. The molecule has 6 heteroatoms. The van der Waals surface area contributed by atoms with E-state index in [9.17, 15) is 9.59 Å². The van der Waals surface area contributed by atoms with E-state index in [1.807, 2.05) is 13.8 Å². The molecule has 6 nitrogen and oxygen atoms in total. The van der Waals surface area contributed by atoms with Crippen LogP contribution in [-0.2, 0) is 14.3 Å². The van der Waals surface area contributed by atoms with Crippen LogP contribution in [0.1, 0.15) is 13.8 Å². The highest BCUT2D eigenvalue weighted by molar-refractivity contribution is 5.81. The molecule has 0 fully saturated rings. The molecule has 0 aromatic heterocycles. The lowest BCUT2D eigenvalue weighted by Crippen LogP contribution is -2.36. The topological polar surface area (TPSA) is 76.7 Å². The molecule has 1 unspecified atom stereocenters. The van der Waals surface area contributed by atoms with Crippen LogP contribution in [0.5, 0.6) is 0 Å². The lowest BCUT2D eigenvalue weighted by atomic mass is 10.2. The van der Waals surface area contributed by atoms with Crippen molar-refractivity contribution >= 4 is 12.0 Å². The van der Waals surface area contributed by atoms with E-state index < -0.39 is 6.09 Å². The molecule has 0 rings (SSSR count). The molecule has 0 aromatic rings. The Kier molecular flexibility index (Phi) is 8.24. The number of hydrogen-bond acceptors (Lipinski definition) is 4. The first-order valence-electron chi connectivity index (χ1n) is 5.29. The van der Waals surface area contributed by atoms with Crippen molar-refractivity contribution in [3.8, 4) is 0 Å².